The number of anilines is 1. The van der Waals surface area contributed by atoms with E-state index in [0.29, 0.717) is 16.9 Å². The molecule has 0 fully saturated rings. The highest BCUT2D eigenvalue weighted by atomic mass is 16.5. The highest BCUT2D eigenvalue weighted by Gasteiger charge is 2.14. The maximum Gasteiger partial charge on any atom is 0.307 e. The minimum atomic E-state index is -0.961. The van der Waals surface area contributed by atoms with E-state index in [1.165, 1.54) is 6.07 Å². The molecule has 2 N–H and O–H groups in total. The Morgan fingerprint density at radius 2 is 2.11 bits per heavy atom. The molecule has 2 aromatic rings. The van der Waals surface area contributed by atoms with Crippen molar-refractivity contribution in [3.63, 3.8) is 0 Å². The Kier molecular flexibility index (Phi) is 3.61. The lowest BCUT2D eigenvalue weighted by atomic mass is 10.1. The van der Waals surface area contributed by atoms with Gasteiger partial charge in [0.1, 0.15) is 0 Å². The molecule has 2 rings (SSSR count). The molecule has 0 saturated heterocycles. The van der Waals surface area contributed by atoms with Gasteiger partial charge in [0.25, 0.3) is 5.91 Å². The molecule has 0 saturated carbocycles. The summed E-state index contributed by atoms with van der Waals surface area (Å²) in [6.07, 6.45) is -0.161. The lowest BCUT2D eigenvalue weighted by Crippen LogP contribution is -2.13. The molecule has 1 heterocycles. The molecule has 0 spiro atoms. The van der Waals surface area contributed by atoms with Crippen LogP contribution in [-0.4, -0.2) is 22.1 Å². The predicted molar refractivity (Wildman–Crippen MR) is 67.0 cm³/mol. The van der Waals surface area contributed by atoms with Gasteiger partial charge in [-0.1, -0.05) is 23.4 Å². The summed E-state index contributed by atoms with van der Waals surface area (Å²) in [5, 5.41) is 15.0. The fraction of sp³-hybridized carbons (Fsp3) is 0.154. The average molecular weight is 260 g/mol. The Hall–Kier alpha value is -2.63. The average Bonchev–Trinajstić information content (AvgIpc) is 2.78. The summed E-state index contributed by atoms with van der Waals surface area (Å²) in [6.45, 7) is 1.71. The van der Waals surface area contributed by atoms with Crippen LogP contribution in [0, 0.1) is 6.92 Å². The number of aliphatic carboxylic acids is 1. The molecule has 98 valence electrons. The molecular formula is C13H12N2O4. The van der Waals surface area contributed by atoms with Gasteiger partial charge in [-0.2, -0.15) is 0 Å². The van der Waals surface area contributed by atoms with Crippen molar-refractivity contribution in [1.29, 1.82) is 0 Å². The number of carboxylic acids is 1. The van der Waals surface area contributed by atoms with Crippen LogP contribution in [0.4, 0.5) is 5.69 Å². The van der Waals surface area contributed by atoms with Crippen molar-refractivity contribution >= 4 is 17.6 Å². The lowest BCUT2D eigenvalue weighted by Gasteiger charge is -2.07. The van der Waals surface area contributed by atoms with E-state index in [-0.39, 0.29) is 12.2 Å². The van der Waals surface area contributed by atoms with Crippen LogP contribution in [0.1, 0.15) is 21.8 Å². The largest absolute Gasteiger partial charge is 0.481 e. The topological polar surface area (TPSA) is 92.4 Å². The van der Waals surface area contributed by atoms with Gasteiger partial charge in [-0.25, -0.2) is 0 Å². The maximum atomic E-state index is 11.9. The van der Waals surface area contributed by atoms with Crippen LogP contribution < -0.4 is 5.32 Å². The van der Waals surface area contributed by atoms with Crippen molar-refractivity contribution in [1.82, 2.24) is 5.16 Å². The van der Waals surface area contributed by atoms with Gasteiger partial charge < -0.3 is 14.9 Å². The van der Waals surface area contributed by atoms with Gasteiger partial charge in [0.15, 0.2) is 0 Å². The summed E-state index contributed by atoms with van der Waals surface area (Å²) in [6, 6.07) is 8.23. The van der Waals surface area contributed by atoms with Crippen LogP contribution in [0.5, 0.6) is 0 Å². The quantitative estimate of drug-likeness (QED) is 0.875. The number of nitrogens with one attached hydrogen (secondary N) is 1. The SMILES string of the molecule is Cc1cc(C(=O)Nc2ccccc2CC(=O)O)on1. The number of aryl methyl sites for hydroxylation is 1. The van der Waals surface area contributed by atoms with Gasteiger partial charge in [-0.3, -0.25) is 9.59 Å². The van der Waals surface area contributed by atoms with E-state index >= 15 is 0 Å². The number of para-hydroxylation sites is 1. The van der Waals surface area contributed by atoms with Crippen molar-refractivity contribution in [2.45, 2.75) is 13.3 Å². The van der Waals surface area contributed by atoms with Crippen molar-refractivity contribution in [3.8, 4) is 0 Å². The zero-order valence-electron chi connectivity index (χ0n) is 10.2. The van der Waals surface area contributed by atoms with Crippen LogP contribution in [0.15, 0.2) is 34.9 Å². The molecule has 0 aliphatic carbocycles. The summed E-state index contributed by atoms with van der Waals surface area (Å²) in [7, 11) is 0. The number of aromatic nitrogens is 1. The number of rotatable bonds is 4. The zero-order valence-corrected chi connectivity index (χ0v) is 10.2. The second-order valence-corrected chi connectivity index (χ2v) is 4.01. The second-order valence-electron chi connectivity index (χ2n) is 4.01. The standard InChI is InChI=1S/C13H12N2O4/c1-8-6-11(19-15-8)13(18)14-10-5-3-2-4-9(10)7-12(16)17/h2-6H,7H2,1H3,(H,14,18)(H,16,17). The first-order valence-corrected chi connectivity index (χ1v) is 5.60. The number of carboxylic acid groups (broad SMARTS) is 1. The number of nitrogens with zero attached hydrogens (tertiary/aromatic N) is 1. The Morgan fingerprint density at radius 1 is 1.37 bits per heavy atom. The van der Waals surface area contributed by atoms with Crippen molar-refractivity contribution in [2.24, 2.45) is 0 Å². The van der Waals surface area contributed by atoms with Crippen molar-refractivity contribution in [2.75, 3.05) is 5.32 Å². The molecule has 0 atom stereocenters. The van der Waals surface area contributed by atoms with E-state index < -0.39 is 11.9 Å². The van der Waals surface area contributed by atoms with E-state index in [4.69, 9.17) is 9.63 Å². The van der Waals surface area contributed by atoms with Crippen molar-refractivity contribution in [3.05, 3.63) is 47.3 Å². The van der Waals surface area contributed by atoms with Gasteiger partial charge in [0.2, 0.25) is 5.76 Å². The molecule has 0 radical (unpaired) electrons. The van der Waals surface area contributed by atoms with Crippen molar-refractivity contribution < 1.29 is 19.2 Å². The molecule has 6 nitrogen and oxygen atoms in total. The molecule has 0 bridgehead atoms. The maximum absolute atomic E-state index is 11.9. The molecule has 6 heteroatoms. The van der Waals surface area contributed by atoms with E-state index in [1.807, 2.05) is 0 Å². The van der Waals surface area contributed by atoms with Gasteiger partial charge >= 0.3 is 5.97 Å². The fourth-order valence-corrected chi connectivity index (χ4v) is 1.61. The first-order chi connectivity index (χ1) is 9.06. The van der Waals surface area contributed by atoms with Gasteiger partial charge in [0, 0.05) is 11.8 Å². The molecule has 1 amide bonds. The third kappa shape index (κ3) is 3.19. The summed E-state index contributed by atoms with van der Waals surface area (Å²) in [5.74, 6) is -1.33. The molecule has 1 aromatic heterocycles. The number of carbonyl (C=O) groups excluding carboxylic acids is 1. The zero-order chi connectivity index (χ0) is 13.8. The van der Waals surface area contributed by atoms with E-state index in [2.05, 4.69) is 10.5 Å². The number of carbonyl (C=O) groups is 2. The lowest BCUT2D eigenvalue weighted by molar-refractivity contribution is -0.136. The first-order valence-electron chi connectivity index (χ1n) is 5.60. The Labute approximate surface area is 109 Å². The van der Waals surface area contributed by atoms with Crippen LogP contribution in [0.3, 0.4) is 0 Å². The number of benzene rings is 1. The Bertz CT molecular complexity index is 619. The molecule has 0 aliphatic rings. The molecule has 1 aromatic carbocycles. The van der Waals surface area contributed by atoms with E-state index in [1.54, 1.807) is 31.2 Å². The predicted octanol–water partition coefficient (Wildman–Crippen LogP) is 1.86. The smallest absolute Gasteiger partial charge is 0.307 e. The molecule has 19 heavy (non-hydrogen) atoms. The van der Waals surface area contributed by atoms with E-state index in [9.17, 15) is 9.59 Å². The summed E-state index contributed by atoms with van der Waals surface area (Å²) >= 11 is 0. The monoisotopic (exact) mass is 260 g/mol. The van der Waals surface area contributed by atoms with Gasteiger partial charge in [-0.15, -0.1) is 0 Å². The van der Waals surface area contributed by atoms with Gasteiger partial charge in [0.05, 0.1) is 12.1 Å². The second kappa shape index (κ2) is 5.34. The molecule has 0 aliphatic heterocycles. The van der Waals surface area contributed by atoms with Crippen LogP contribution in [0.25, 0.3) is 0 Å². The normalized spacial score (nSPS) is 10.2. The number of amides is 1. The summed E-state index contributed by atoms with van der Waals surface area (Å²) in [5.41, 5.74) is 1.58. The Balaban J connectivity index is 2.19. The summed E-state index contributed by atoms with van der Waals surface area (Å²) < 4.78 is 4.84. The highest BCUT2D eigenvalue weighted by Crippen LogP contribution is 2.17. The minimum Gasteiger partial charge on any atom is -0.481 e. The van der Waals surface area contributed by atoms with Crippen LogP contribution in [-0.2, 0) is 11.2 Å². The van der Waals surface area contributed by atoms with Crippen LogP contribution >= 0.6 is 0 Å². The van der Waals surface area contributed by atoms with E-state index in [0.717, 1.165) is 0 Å². The fourth-order valence-electron chi connectivity index (χ4n) is 1.61. The molecular weight excluding hydrogens is 248 g/mol. The highest BCUT2D eigenvalue weighted by molar-refractivity contribution is 6.02. The Morgan fingerprint density at radius 3 is 2.74 bits per heavy atom. The first kappa shape index (κ1) is 12.8. The number of hydrogen-bond acceptors (Lipinski definition) is 4. The third-order valence-electron chi connectivity index (χ3n) is 2.46. The van der Waals surface area contributed by atoms with Crippen LogP contribution in [0.2, 0.25) is 0 Å². The van der Waals surface area contributed by atoms with Gasteiger partial charge in [-0.05, 0) is 18.6 Å². The third-order valence-corrected chi connectivity index (χ3v) is 2.46. The number of hydrogen-bond donors (Lipinski definition) is 2. The minimum absolute atomic E-state index is 0.0858. The molecule has 0 unspecified atom stereocenters. The summed E-state index contributed by atoms with van der Waals surface area (Å²) in [4.78, 5) is 22.6.